The van der Waals surface area contributed by atoms with Gasteiger partial charge in [0.05, 0.1) is 11.8 Å². The molecule has 2 aliphatic rings. The molecule has 0 aromatic carbocycles. The third-order valence-corrected chi connectivity index (χ3v) is 7.76. The summed E-state index contributed by atoms with van der Waals surface area (Å²) in [5, 5.41) is 28.2. The molecule has 0 unspecified atom stereocenters. The largest absolute Gasteiger partial charge is 0.463 e. The van der Waals surface area contributed by atoms with Gasteiger partial charge >= 0.3 is 5.97 Å². The lowest BCUT2D eigenvalue weighted by Gasteiger charge is -2.24. The van der Waals surface area contributed by atoms with Crippen molar-refractivity contribution in [3.63, 3.8) is 0 Å². The van der Waals surface area contributed by atoms with Gasteiger partial charge in [0.25, 0.3) is 0 Å². The Morgan fingerprint density at radius 2 is 2.00 bits per heavy atom. The van der Waals surface area contributed by atoms with Gasteiger partial charge in [-0.3, -0.25) is 9.59 Å². The number of rotatable bonds is 9. The van der Waals surface area contributed by atoms with E-state index in [0.717, 1.165) is 25.7 Å². The van der Waals surface area contributed by atoms with Crippen molar-refractivity contribution in [3.8, 4) is 6.07 Å². The molecule has 1 aliphatic carbocycles. The van der Waals surface area contributed by atoms with Crippen molar-refractivity contribution in [2.75, 3.05) is 11.9 Å². The zero-order valence-corrected chi connectivity index (χ0v) is 21.7. The Balaban J connectivity index is 1.46. The van der Waals surface area contributed by atoms with Gasteiger partial charge in [-0.25, -0.2) is 9.50 Å². The van der Waals surface area contributed by atoms with Crippen LogP contribution in [-0.2, 0) is 24.7 Å². The topological polar surface area (TPSA) is 139 Å². The van der Waals surface area contributed by atoms with Gasteiger partial charge in [-0.15, -0.1) is 0 Å². The highest BCUT2D eigenvalue weighted by Crippen LogP contribution is 2.40. The molecule has 4 rings (SSSR count). The van der Waals surface area contributed by atoms with E-state index in [0.29, 0.717) is 42.2 Å². The van der Waals surface area contributed by atoms with Crippen LogP contribution in [0.15, 0.2) is 18.5 Å². The third kappa shape index (κ3) is 5.78. The maximum atomic E-state index is 12.6. The van der Waals surface area contributed by atoms with Gasteiger partial charge in [0, 0.05) is 18.8 Å². The molecule has 1 aliphatic heterocycles. The first-order valence-electron chi connectivity index (χ1n) is 13.5. The van der Waals surface area contributed by atoms with Crippen molar-refractivity contribution in [2.24, 2.45) is 11.8 Å². The number of esters is 1. The molecule has 2 aromatic heterocycles. The third-order valence-electron chi connectivity index (χ3n) is 7.76. The van der Waals surface area contributed by atoms with E-state index in [4.69, 9.17) is 9.47 Å². The first-order chi connectivity index (χ1) is 17.9. The molecule has 1 saturated carbocycles. The van der Waals surface area contributed by atoms with Crippen LogP contribution >= 0.6 is 0 Å². The van der Waals surface area contributed by atoms with E-state index in [-0.39, 0.29) is 30.8 Å². The number of nitrogens with one attached hydrogen (secondary N) is 1. The van der Waals surface area contributed by atoms with Gasteiger partial charge in [0.1, 0.15) is 30.6 Å². The Morgan fingerprint density at radius 1 is 1.27 bits per heavy atom. The number of aliphatic hydroxyl groups excluding tert-OH is 1. The van der Waals surface area contributed by atoms with E-state index >= 15 is 0 Å². The first kappa shape index (κ1) is 27.0. The summed E-state index contributed by atoms with van der Waals surface area (Å²) in [5.74, 6) is 0.141. The van der Waals surface area contributed by atoms with Gasteiger partial charge in [-0.1, -0.05) is 39.5 Å². The van der Waals surface area contributed by atoms with Crippen molar-refractivity contribution >= 4 is 23.2 Å². The zero-order valence-electron chi connectivity index (χ0n) is 21.7. The number of carbonyl (C=O) groups is 2. The standard InChI is InChI=1S/C27H37N5O5/c1-3-19(4-2)26(35)31-25-21-11-12-22(32(21)30-17-29-25)27(16-28)23(33)14-20(37-27)15-36-24(34)13-18-9-7-5-6-8-10-18/h11-12,17-20,23,33H,3-10,13-15H2,1-2H3,(H,29,30,31,35)/t20-,23-,27+/m1/s1. The quantitative estimate of drug-likeness (QED) is 0.382. The molecule has 0 radical (unpaired) electrons. The molecule has 0 spiro atoms. The summed E-state index contributed by atoms with van der Waals surface area (Å²) in [6, 6.07) is 5.46. The van der Waals surface area contributed by atoms with E-state index in [1.165, 1.54) is 23.7 Å². The lowest BCUT2D eigenvalue weighted by molar-refractivity contribution is -0.150. The summed E-state index contributed by atoms with van der Waals surface area (Å²) in [4.78, 5) is 29.3. The number of amides is 1. The average molecular weight is 512 g/mol. The summed E-state index contributed by atoms with van der Waals surface area (Å²) >= 11 is 0. The molecule has 2 aromatic rings. The minimum Gasteiger partial charge on any atom is -0.463 e. The lowest BCUT2D eigenvalue weighted by atomic mass is 9.94. The van der Waals surface area contributed by atoms with E-state index in [1.54, 1.807) is 12.1 Å². The number of hydrogen-bond acceptors (Lipinski definition) is 8. The van der Waals surface area contributed by atoms with Crippen LogP contribution in [0.1, 0.15) is 83.7 Å². The summed E-state index contributed by atoms with van der Waals surface area (Å²) < 4.78 is 13.0. The van der Waals surface area contributed by atoms with E-state index in [9.17, 15) is 20.0 Å². The fourth-order valence-electron chi connectivity index (χ4n) is 5.53. The number of anilines is 1. The van der Waals surface area contributed by atoms with E-state index < -0.39 is 17.8 Å². The molecule has 2 N–H and O–H groups in total. The number of aromatic nitrogens is 3. The van der Waals surface area contributed by atoms with Gasteiger partial charge in [0.2, 0.25) is 11.5 Å². The molecule has 10 heteroatoms. The highest BCUT2D eigenvalue weighted by molar-refractivity contribution is 5.95. The summed E-state index contributed by atoms with van der Waals surface area (Å²) in [7, 11) is 0. The minimum absolute atomic E-state index is 0.0267. The first-order valence-corrected chi connectivity index (χ1v) is 13.5. The summed E-state index contributed by atoms with van der Waals surface area (Å²) in [6.07, 6.45) is 8.30. The highest BCUT2D eigenvalue weighted by atomic mass is 16.6. The molecular formula is C27H37N5O5. The number of ether oxygens (including phenoxy) is 2. The van der Waals surface area contributed by atoms with Crippen LogP contribution in [0.2, 0.25) is 0 Å². The normalized spacial score (nSPS) is 24.6. The second-order valence-electron chi connectivity index (χ2n) is 10.2. The Morgan fingerprint density at radius 3 is 2.68 bits per heavy atom. The van der Waals surface area contributed by atoms with Gasteiger partial charge in [-0.05, 0) is 43.7 Å². The average Bonchev–Trinajstić information content (AvgIpc) is 3.36. The number of fused-ring (bicyclic) bond motifs is 1. The molecule has 3 atom stereocenters. The molecule has 200 valence electrons. The Kier molecular flexibility index (Phi) is 8.77. The number of hydrogen-bond donors (Lipinski definition) is 2. The summed E-state index contributed by atoms with van der Waals surface area (Å²) in [5.41, 5.74) is -0.888. The number of aliphatic hydroxyl groups is 1. The number of carbonyl (C=O) groups excluding carboxylic acids is 2. The van der Waals surface area contributed by atoms with Gasteiger partial charge in [-0.2, -0.15) is 10.4 Å². The van der Waals surface area contributed by atoms with Crippen LogP contribution in [0.3, 0.4) is 0 Å². The van der Waals surface area contributed by atoms with Crippen LogP contribution < -0.4 is 5.32 Å². The van der Waals surface area contributed by atoms with Crippen LogP contribution in [0.5, 0.6) is 0 Å². The molecule has 2 fully saturated rings. The van der Waals surface area contributed by atoms with Crippen LogP contribution in [-0.4, -0.2) is 50.4 Å². The molecule has 3 heterocycles. The van der Waals surface area contributed by atoms with Gasteiger partial charge in [0.15, 0.2) is 5.82 Å². The molecule has 0 bridgehead atoms. The monoisotopic (exact) mass is 511 g/mol. The van der Waals surface area contributed by atoms with Crippen molar-refractivity contribution in [3.05, 3.63) is 24.2 Å². The predicted octanol–water partition coefficient (Wildman–Crippen LogP) is 3.88. The highest BCUT2D eigenvalue weighted by Gasteiger charge is 2.52. The second-order valence-corrected chi connectivity index (χ2v) is 10.2. The minimum atomic E-state index is -1.70. The number of nitriles is 1. The fourth-order valence-corrected chi connectivity index (χ4v) is 5.53. The van der Waals surface area contributed by atoms with E-state index in [2.05, 4.69) is 21.5 Å². The molecule has 37 heavy (non-hydrogen) atoms. The molecular weight excluding hydrogens is 474 g/mol. The predicted molar refractivity (Wildman–Crippen MR) is 135 cm³/mol. The van der Waals surface area contributed by atoms with Crippen LogP contribution in [0.4, 0.5) is 5.82 Å². The fraction of sp³-hybridized carbons (Fsp3) is 0.667. The molecule has 10 nitrogen and oxygen atoms in total. The van der Waals surface area contributed by atoms with Crippen molar-refractivity contribution in [1.29, 1.82) is 5.26 Å². The Hall–Kier alpha value is -3.03. The van der Waals surface area contributed by atoms with Crippen molar-refractivity contribution in [2.45, 2.75) is 95.9 Å². The Bertz CT molecular complexity index is 1130. The SMILES string of the molecule is CCC(CC)C(=O)Nc1ncnn2c([C@]3(C#N)O[C@@H](COC(=O)CC4CCCCCC4)C[C@H]3O)ccc12. The second kappa shape index (κ2) is 12.0. The van der Waals surface area contributed by atoms with Crippen molar-refractivity contribution < 1.29 is 24.2 Å². The van der Waals surface area contributed by atoms with Crippen LogP contribution in [0.25, 0.3) is 5.52 Å². The zero-order chi connectivity index (χ0) is 26.4. The maximum absolute atomic E-state index is 12.6. The maximum Gasteiger partial charge on any atom is 0.306 e. The smallest absolute Gasteiger partial charge is 0.306 e. The lowest BCUT2D eigenvalue weighted by Crippen LogP contribution is -2.36. The number of nitrogens with zero attached hydrogens (tertiary/aromatic N) is 4. The Labute approximate surface area is 217 Å². The van der Waals surface area contributed by atoms with Crippen LogP contribution in [0, 0.1) is 23.2 Å². The molecule has 1 amide bonds. The van der Waals surface area contributed by atoms with Crippen molar-refractivity contribution in [1.82, 2.24) is 14.6 Å². The van der Waals surface area contributed by atoms with Gasteiger partial charge < -0.3 is 19.9 Å². The van der Waals surface area contributed by atoms with E-state index in [1.807, 2.05) is 13.8 Å². The summed E-state index contributed by atoms with van der Waals surface area (Å²) in [6.45, 7) is 3.89. The molecule has 1 saturated heterocycles.